The SMILES string of the molecule is CC(C)(C)OC(=O)NC(CC(CCCc1ccc(CCCF)cc1)C(=O)OC(C)(C)C)C(=O)OC(C)(C)C. The Morgan fingerprint density at radius 1 is 0.737 bits per heavy atom. The molecule has 7 nitrogen and oxygen atoms in total. The average Bonchev–Trinajstić information content (AvgIpc) is 2.73. The topological polar surface area (TPSA) is 90.9 Å². The summed E-state index contributed by atoms with van der Waals surface area (Å²) in [6, 6.07) is 6.95. The van der Waals surface area contributed by atoms with Crippen molar-refractivity contribution in [1.82, 2.24) is 5.32 Å². The second-order valence-electron chi connectivity index (χ2n) is 12.7. The molecule has 2 atom stereocenters. The number of rotatable bonds is 12. The number of esters is 2. The van der Waals surface area contributed by atoms with Gasteiger partial charge < -0.3 is 19.5 Å². The second kappa shape index (κ2) is 14.5. The summed E-state index contributed by atoms with van der Waals surface area (Å²) in [5.41, 5.74) is -0.0406. The van der Waals surface area contributed by atoms with Crippen LogP contribution in [-0.4, -0.2) is 47.6 Å². The van der Waals surface area contributed by atoms with Crippen molar-refractivity contribution in [3.63, 3.8) is 0 Å². The van der Waals surface area contributed by atoms with Gasteiger partial charge in [0.1, 0.15) is 22.8 Å². The van der Waals surface area contributed by atoms with E-state index in [9.17, 15) is 18.8 Å². The van der Waals surface area contributed by atoms with Gasteiger partial charge in [0, 0.05) is 0 Å². The number of carbonyl (C=O) groups excluding carboxylic acids is 3. The Morgan fingerprint density at radius 2 is 1.18 bits per heavy atom. The molecule has 0 heterocycles. The Kier molecular flexibility index (Phi) is 12.7. The van der Waals surface area contributed by atoms with Crippen molar-refractivity contribution in [1.29, 1.82) is 0 Å². The van der Waals surface area contributed by atoms with Crippen LogP contribution in [0.4, 0.5) is 9.18 Å². The Hall–Kier alpha value is -2.64. The Labute approximate surface area is 228 Å². The van der Waals surface area contributed by atoms with E-state index in [2.05, 4.69) is 5.32 Å². The summed E-state index contributed by atoms with van der Waals surface area (Å²) < 4.78 is 29.0. The molecule has 0 saturated heterocycles. The van der Waals surface area contributed by atoms with Crippen molar-refractivity contribution < 1.29 is 33.0 Å². The predicted molar refractivity (Wildman–Crippen MR) is 147 cm³/mol. The highest BCUT2D eigenvalue weighted by atomic mass is 19.1. The lowest BCUT2D eigenvalue weighted by Crippen LogP contribution is -2.47. The maximum absolute atomic E-state index is 13.2. The van der Waals surface area contributed by atoms with Crippen LogP contribution in [0.5, 0.6) is 0 Å². The van der Waals surface area contributed by atoms with Crippen molar-refractivity contribution in [2.24, 2.45) is 5.92 Å². The Bertz CT molecular complexity index is 893. The quantitative estimate of drug-likeness (QED) is 0.242. The van der Waals surface area contributed by atoms with Gasteiger partial charge in [0.2, 0.25) is 0 Å². The van der Waals surface area contributed by atoms with E-state index in [1.165, 1.54) is 0 Å². The molecule has 0 aliphatic carbocycles. The first-order valence-electron chi connectivity index (χ1n) is 13.5. The zero-order chi connectivity index (χ0) is 29.1. The fourth-order valence-electron chi connectivity index (χ4n) is 3.73. The van der Waals surface area contributed by atoms with E-state index in [1.54, 1.807) is 62.3 Å². The zero-order valence-corrected chi connectivity index (χ0v) is 24.7. The molecule has 0 bridgehead atoms. The molecule has 216 valence electrons. The van der Waals surface area contributed by atoms with E-state index >= 15 is 0 Å². The van der Waals surface area contributed by atoms with Gasteiger partial charge in [-0.25, -0.2) is 9.59 Å². The first-order valence-corrected chi connectivity index (χ1v) is 13.5. The number of hydrogen-bond donors (Lipinski definition) is 1. The van der Waals surface area contributed by atoms with Crippen molar-refractivity contribution in [3.05, 3.63) is 35.4 Å². The van der Waals surface area contributed by atoms with E-state index in [0.717, 1.165) is 17.5 Å². The minimum Gasteiger partial charge on any atom is -0.460 e. The second-order valence-corrected chi connectivity index (χ2v) is 12.7. The first-order chi connectivity index (χ1) is 17.4. The molecule has 1 rings (SSSR count). The Morgan fingerprint density at radius 3 is 1.63 bits per heavy atom. The van der Waals surface area contributed by atoms with Crippen LogP contribution >= 0.6 is 0 Å². The lowest BCUT2D eigenvalue weighted by atomic mass is 9.92. The summed E-state index contributed by atoms with van der Waals surface area (Å²) in [4.78, 5) is 38.7. The summed E-state index contributed by atoms with van der Waals surface area (Å²) in [5, 5.41) is 2.61. The number of benzene rings is 1. The molecule has 0 spiro atoms. The van der Waals surface area contributed by atoms with Crippen LogP contribution in [0.1, 0.15) is 99.1 Å². The largest absolute Gasteiger partial charge is 0.460 e. The van der Waals surface area contributed by atoms with Gasteiger partial charge in [-0.3, -0.25) is 9.18 Å². The highest BCUT2D eigenvalue weighted by molar-refractivity contribution is 5.83. The van der Waals surface area contributed by atoms with Gasteiger partial charge in [0.05, 0.1) is 12.6 Å². The summed E-state index contributed by atoms with van der Waals surface area (Å²) in [6.07, 6.45) is 2.31. The van der Waals surface area contributed by atoms with Crippen LogP contribution in [0.25, 0.3) is 0 Å². The van der Waals surface area contributed by atoms with Crippen molar-refractivity contribution in [3.8, 4) is 0 Å². The fraction of sp³-hybridized carbons (Fsp3) is 0.700. The number of alkyl halides is 1. The summed E-state index contributed by atoms with van der Waals surface area (Å²) in [6.45, 7) is 15.4. The standard InChI is InChI=1S/C30H48FNO6/c1-28(2,3)36-25(33)23(14-10-12-21-15-17-22(18-16-21)13-11-19-31)20-24(26(34)37-29(4,5)6)32-27(35)38-30(7,8)9/h15-18,23-24H,10-14,19-20H2,1-9H3,(H,32,35). The number of aryl methyl sites for hydroxylation is 2. The lowest BCUT2D eigenvalue weighted by Gasteiger charge is -2.29. The molecule has 2 unspecified atom stereocenters. The molecule has 1 aromatic rings. The van der Waals surface area contributed by atoms with E-state index < -0.39 is 46.8 Å². The number of alkyl carbamates (subject to hydrolysis) is 1. The lowest BCUT2D eigenvalue weighted by molar-refractivity contribution is -0.163. The maximum atomic E-state index is 13.2. The minimum atomic E-state index is -1.09. The average molecular weight is 538 g/mol. The first kappa shape index (κ1) is 33.4. The molecule has 38 heavy (non-hydrogen) atoms. The van der Waals surface area contributed by atoms with Crippen LogP contribution < -0.4 is 5.32 Å². The van der Waals surface area contributed by atoms with E-state index in [0.29, 0.717) is 25.7 Å². The van der Waals surface area contributed by atoms with Gasteiger partial charge in [-0.1, -0.05) is 24.3 Å². The normalized spacial score (nSPS) is 13.8. The maximum Gasteiger partial charge on any atom is 0.408 e. The molecule has 0 fully saturated rings. The highest BCUT2D eigenvalue weighted by Gasteiger charge is 2.34. The van der Waals surface area contributed by atoms with Gasteiger partial charge >= 0.3 is 18.0 Å². The molecular weight excluding hydrogens is 489 g/mol. The molecule has 1 N–H and O–H groups in total. The number of amides is 1. The number of ether oxygens (including phenoxy) is 3. The monoisotopic (exact) mass is 537 g/mol. The van der Waals surface area contributed by atoms with Crippen LogP contribution in [-0.2, 0) is 36.6 Å². The predicted octanol–water partition coefficient (Wildman–Crippen LogP) is 6.49. The van der Waals surface area contributed by atoms with E-state index in [-0.39, 0.29) is 13.1 Å². The van der Waals surface area contributed by atoms with Gasteiger partial charge in [-0.05, 0) is 112 Å². The number of hydrogen-bond acceptors (Lipinski definition) is 6. The number of halogens is 1. The van der Waals surface area contributed by atoms with Crippen LogP contribution in [0, 0.1) is 5.92 Å². The molecule has 0 aliphatic rings. The molecule has 1 aromatic carbocycles. The van der Waals surface area contributed by atoms with Gasteiger partial charge in [0.25, 0.3) is 0 Å². The van der Waals surface area contributed by atoms with Gasteiger partial charge in [0.15, 0.2) is 0 Å². The minimum absolute atomic E-state index is 0.0191. The van der Waals surface area contributed by atoms with Crippen LogP contribution in [0.2, 0.25) is 0 Å². The molecule has 0 radical (unpaired) electrons. The third kappa shape index (κ3) is 14.9. The summed E-state index contributed by atoms with van der Waals surface area (Å²) in [5.74, 6) is -1.72. The Balaban J connectivity index is 3.04. The van der Waals surface area contributed by atoms with Crippen LogP contribution in [0.15, 0.2) is 24.3 Å². The van der Waals surface area contributed by atoms with E-state index in [1.807, 2.05) is 24.3 Å². The van der Waals surface area contributed by atoms with Crippen molar-refractivity contribution in [2.75, 3.05) is 6.67 Å². The highest BCUT2D eigenvalue weighted by Crippen LogP contribution is 2.23. The molecule has 8 heteroatoms. The van der Waals surface area contributed by atoms with Crippen LogP contribution in [0.3, 0.4) is 0 Å². The molecule has 1 amide bonds. The number of carbonyl (C=O) groups is 3. The molecule has 0 aromatic heterocycles. The molecule has 0 aliphatic heterocycles. The smallest absolute Gasteiger partial charge is 0.408 e. The molecular formula is C30H48FNO6. The van der Waals surface area contributed by atoms with Gasteiger partial charge in [-0.2, -0.15) is 0 Å². The summed E-state index contributed by atoms with van der Waals surface area (Å²) in [7, 11) is 0. The zero-order valence-electron chi connectivity index (χ0n) is 24.7. The van der Waals surface area contributed by atoms with E-state index in [4.69, 9.17) is 14.2 Å². The third-order valence-corrected chi connectivity index (χ3v) is 5.28. The fourth-order valence-corrected chi connectivity index (χ4v) is 3.73. The third-order valence-electron chi connectivity index (χ3n) is 5.28. The van der Waals surface area contributed by atoms with Gasteiger partial charge in [-0.15, -0.1) is 0 Å². The number of nitrogens with one attached hydrogen (secondary N) is 1. The molecule has 0 saturated carbocycles. The van der Waals surface area contributed by atoms with Crippen molar-refractivity contribution in [2.45, 2.75) is 124 Å². The summed E-state index contributed by atoms with van der Waals surface area (Å²) >= 11 is 0. The van der Waals surface area contributed by atoms with Crippen molar-refractivity contribution >= 4 is 18.0 Å².